The molecule has 0 aliphatic rings. The Morgan fingerprint density at radius 1 is 1.19 bits per heavy atom. The summed E-state index contributed by atoms with van der Waals surface area (Å²) in [5.41, 5.74) is 1.22. The third-order valence-corrected chi connectivity index (χ3v) is 2.55. The summed E-state index contributed by atoms with van der Waals surface area (Å²) in [7, 11) is -4.74. The molecule has 0 bridgehead atoms. The fraction of sp³-hybridized carbons (Fsp3) is 0.700. The van der Waals surface area contributed by atoms with Crippen LogP contribution in [-0.4, -0.2) is 15.8 Å². The smallest absolute Gasteiger partial charge is 0.367 e. The van der Waals surface area contributed by atoms with Crippen LogP contribution in [0.25, 0.3) is 0 Å². The molecule has 0 aliphatic carbocycles. The van der Waals surface area contributed by atoms with Gasteiger partial charge in [0.2, 0.25) is 0 Å². The zero-order valence-corrected chi connectivity index (χ0v) is 10.8. The number of phosphoric ester groups is 1. The van der Waals surface area contributed by atoms with Gasteiger partial charge in [-0.1, -0.05) is 32.3 Å². The molecule has 6 heteroatoms. The van der Waals surface area contributed by atoms with Gasteiger partial charge in [-0.15, -0.1) is 0 Å². The molecule has 2 N–H and O–H groups in total. The van der Waals surface area contributed by atoms with Gasteiger partial charge >= 0.3 is 13.8 Å². The topological polar surface area (TPSA) is 83.8 Å². The van der Waals surface area contributed by atoms with Gasteiger partial charge < -0.3 is 4.52 Å². The van der Waals surface area contributed by atoms with Crippen LogP contribution in [0.1, 0.15) is 46.5 Å². The number of hydrogen-bond acceptors (Lipinski definition) is 3. The van der Waals surface area contributed by atoms with Gasteiger partial charge in [0.1, 0.15) is 0 Å². The van der Waals surface area contributed by atoms with Crippen molar-refractivity contribution in [2.24, 2.45) is 0 Å². The molecular formula is C10H19O5P. The Hall–Kier alpha value is -0.640. The second kappa shape index (κ2) is 6.84. The third-order valence-electron chi connectivity index (χ3n) is 2.14. The van der Waals surface area contributed by atoms with Gasteiger partial charge in [-0.3, -0.25) is 9.79 Å². The predicted octanol–water partition coefficient (Wildman–Crippen LogP) is 2.54. The first kappa shape index (κ1) is 15.4. The highest BCUT2D eigenvalue weighted by atomic mass is 31.2. The first-order valence-electron chi connectivity index (χ1n) is 5.29. The van der Waals surface area contributed by atoms with Crippen molar-refractivity contribution in [1.82, 2.24) is 0 Å². The number of phosphoric acid groups is 1. The molecule has 0 aromatic heterocycles. The van der Waals surface area contributed by atoms with Gasteiger partial charge in [-0.2, -0.15) is 0 Å². The molecule has 0 aliphatic heterocycles. The Bertz CT molecular complexity index is 307. The zero-order valence-electron chi connectivity index (χ0n) is 9.89. The Labute approximate surface area is 95.7 Å². The predicted molar refractivity (Wildman–Crippen MR) is 60.7 cm³/mol. The lowest BCUT2D eigenvalue weighted by Gasteiger charge is -2.10. The third kappa shape index (κ3) is 6.05. The molecule has 0 aromatic carbocycles. The standard InChI is InChI=1S/C10H19O5P/c1-4-6-9(7-5-2)8(3)10(11)15-16(12,13)14/h4-7H2,1-3H3,(H2,12,13,14). The summed E-state index contributed by atoms with van der Waals surface area (Å²) < 4.78 is 14.6. The van der Waals surface area contributed by atoms with Crippen molar-refractivity contribution in [3.05, 3.63) is 11.1 Å². The number of allylic oxidation sites excluding steroid dienone is 1. The van der Waals surface area contributed by atoms with Gasteiger partial charge in [0.05, 0.1) is 0 Å². The molecule has 16 heavy (non-hydrogen) atoms. The van der Waals surface area contributed by atoms with Crippen LogP contribution >= 0.6 is 7.82 Å². The molecule has 0 radical (unpaired) electrons. The number of hydrogen-bond donors (Lipinski definition) is 2. The van der Waals surface area contributed by atoms with E-state index in [0.29, 0.717) is 5.57 Å². The minimum atomic E-state index is -4.74. The van der Waals surface area contributed by atoms with E-state index in [4.69, 9.17) is 9.79 Å². The van der Waals surface area contributed by atoms with E-state index in [-0.39, 0.29) is 0 Å². The minimum absolute atomic E-state index is 0.312. The fourth-order valence-corrected chi connectivity index (χ4v) is 1.78. The van der Waals surface area contributed by atoms with Crippen molar-refractivity contribution in [1.29, 1.82) is 0 Å². The molecule has 0 rings (SSSR count). The van der Waals surface area contributed by atoms with Crippen LogP contribution < -0.4 is 0 Å². The van der Waals surface area contributed by atoms with Crippen LogP contribution in [0.2, 0.25) is 0 Å². The van der Waals surface area contributed by atoms with Crippen molar-refractivity contribution < 1.29 is 23.7 Å². The minimum Gasteiger partial charge on any atom is -0.367 e. The molecule has 0 heterocycles. The van der Waals surface area contributed by atoms with E-state index < -0.39 is 13.8 Å². The van der Waals surface area contributed by atoms with Crippen LogP contribution in [0.3, 0.4) is 0 Å². The fourth-order valence-electron chi connectivity index (χ4n) is 1.42. The summed E-state index contributed by atoms with van der Waals surface area (Å²) in [5, 5.41) is 0. The van der Waals surface area contributed by atoms with E-state index in [9.17, 15) is 9.36 Å². The van der Waals surface area contributed by atoms with Crippen LogP contribution in [-0.2, 0) is 13.9 Å². The second-order valence-corrected chi connectivity index (χ2v) is 4.76. The lowest BCUT2D eigenvalue weighted by atomic mass is 10.0. The quantitative estimate of drug-likeness (QED) is 0.559. The molecule has 0 aromatic rings. The summed E-state index contributed by atoms with van der Waals surface area (Å²) in [6.07, 6.45) is 3.26. The summed E-state index contributed by atoms with van der Waals surface area (Å²) in [6, 6.07) is 0. The lowest BCUT2D eigenvalue weighted by Crippen LogP contribution is -2.07. The summed E-state index contributed by atoms with van der Waals surface area (Å²) in [6.45, 7) is 5.51. The van der Waals surface area contributed by atoms with E-state index in [1.165, 1.54) is 0 Å². The van der Waals surface area contributed by atoms with Crippen LogP contribution in [0.15, 0.2) is 11.1 Å². The van der Waals surface area contributed by atoms with Crippen molar-refractivity contribution >= 4 is 13.8 Å². The maximum absolute atomic E-state index is 11.4. The number of carbonyl (C=O) groups is 1. The molecule has 0 saturated heterocycles. The normalized spacial score (nSPS) is 11.1. The molecular weight excluding hydrogens is 231 g/mol. The van der Waals surface area contributed by atoms with E-state index in [0.717, 1.165) is 31.3 Å². The molecule has 0 fully saturated rings. The molecule has 94 valence electrons. The molecule has 0 unspecified atom stereocenters. The molecule has 0 atom stereocenters. The first-order valence-corrected chi connectivity index (χ1v) is 6.83. The lowest BCUT2D eigenvalue weighted by molar-refractivity contribution is -0.131. The molecule has 0 saturated carbocycles. The van der Waals surface area contributed by atoms with Gasteiger partial charge in [0.25, 0.3) is 0 Å². The van der Waals surface area contributed by atoms with Crippen molar-refractivity contribution in [2.75, 3.05) is 0 Å². The Morgan fingerprint density at radius 3 is 1.94 bits per heavy atom. The summed E-state index contributed by atoms with van der Waals surface area (Å²) in [4.78, 5) is 28.4. The summed E-state index contributed by atoms with van der Waals surface area (Å²) in [5.74, 6) is -0.926. The SMILES string of the molecule is CCCC(CCC)=C(C)C(=O)OP(=O)(O)O. The van der Waals surface area contributed by atoms with E-state index >= 15 is 0 Å². The number of carbonyl (C=O) groups excluding carboxylic acids is 1. The van der Waals surface area contributed by atoms with Gasteiger partial charge in [-0.05, 0) is 19.8 Å². The van der Waals surface area contributed by atoms with Crippen LogP contribution in [0.5, 0.6) is 0 Å². The summed E-state index contributed by atoms with van der Waals surface area (Å²) >= 11 is 0. The first-order chi connectivity index (χ1) is 7.31. The van der Waals surface area contributed by atoms with E-state index in [1.54, 1.807) is 6.92 Å². The zero-order chi connectivity index (χ0) is 12.8. The Kier molecular flexibility index (Phi) is 6.56. The number of rotatable bonds is 6. The van der Waals surface area contributed by atoms with Crippen molar-refractivity contribution in [2.45, 2.75) is 46.5 Å². The maximum atomic E-state index is 11.4. The highest BCUT2D eigenvalue weighted by molar-refractivity contribution is 7.46. The van der Waals surface area contributed by atoms with Crippen LogP contribution in [0, 0.1) is 0 Å². The van der Waals surface area contributed by atoms with E-state index in [1.807, 2.05) is 13.8 Å². The Morgan fingerprint density at radius 2 is 1.62 bits per heavy atom. The van der Waals surface area contributed by atoms with Crippen molar-refractivity contribution in [3.8, 4) is 0 Å². The highest BCUT2D eigenvalue weighted by Crippen LogP contribution is 2.37. The van der Waals surface area contributed by atoms with E-state index in [2.05, 4.69) is 4.52 Å². The van der Waals surface area contributed by atoms with Gasteiger partial charge in [-0.25, -0.2) is 9.36 Å². The average Bonchev–Trinajstić information content (AvgIpc) is 2.13. The van der Waals surface area contributed by atoms with Crippen molar-refractivity contribution in [3.63, 3.8) is 0 Å². The average molecular weight is 250 g/mol. The highest BCUT2D eigenvalue weighted by Gasteiger charge is 2.22. The Balaban J connectivity index is 4.80. The van der Waals surface area contributed by atoms with Gasteiger partial charge in [0, 0.05) is 5.57 Å². The maximum Gasteiger partial charge on any atom is 0.527 e. The molecule has 5 nitrogen and oxygen atoms in total. The molecule has 0 spiro atoms. The monoisotopic (exact) mass is 250 g/mol. The molecule has 0 amide bonds. The largest absolute Gasteiger partial charge is 0.527 e. The second-order valence-electron chi connectivity index (χ2n) is 3.60. The van der Waals surface area contributed by atoms with Crippen LogP contribution in [0.4, 0.5) is 0 Å². The van der Waals surface area contributed by atoms with Gasteiger partial charge in [0.15, 0.2) is 0 Å².